The lowest BCUT2D eigenvalue weighted by atomic mass is 9.99. The summed E-state index contributed by atoms with van der Waals surface area (Å²) in [6.07, 6.45) is 1.01. The number of nitrogens with zero attached hydrogens (tertiary/aromatic N) is 2. The molecule has 3 aromatic carbocycles. The number of carbonyl (C=O) groups is 3. The van der Waals surface area contributed by atoms with Crippen LogP contribution in [-0.2, 0) is 16.0 Å². The molecule has 38 heavy (non-hydrogen) atoms. The van der Waals surface area contributed by atoms with E-state index in [2.05, 4.69) is 10.6 Å². The maximum absolute atomic E-state index is 13.9. The minimum Gasteiger partial charge on any atom is -0.337 e. The normalized spacial score (nSPS) is 17.7. The molecule has 0 spiro atoms. The maximum Gasteiger partial charge on any atom is 0.253 e. The number of carbonyl (C=O) groups excluding carboxylic acids is 3. The highest BCUT2D eigenvalue weighted by Crippen LogP contribution is 2.41. The number of fused-ring (bicyclic) bond motifs is 1. The lowest BCUT2D eigenvalue weighted by Gasteiger charge is -2.32. The van der Waals surface area contributed by atoms with Crippen LogP contribution in [0.4, 0.5) is 11.4 Å². The highest BCUT2D eigenvalue weighted by molar-refractivity contribution is 6.35. The summed E-state index contributed by atoms with van der Waals surface area (Å²) in [4.78, 5) is 43.8. The molecule has 2 aliphatic rings. The second-order valence-electron chi connectivity index (χ2n) is 9.49. The second-order valence-corrected chi connectivity index (χ2v) is 10.3. The molecule has 0 radical (unpaired) electrons. The summed E-state index contributed by atoms with van der Waals surface area (Å²) in [7, 11) is 0. The monoisotopic (exact) mass is 550 g/mol. The van der Waals surface area contributed by atoms with Gasteiger partial charge in [0.2, 0.25) is 11.8 Å². The predicted octanol–water partition coefficient (Wildman–Crippen LogP) is 5.09. The molecule has 2 N–H and O–H groups in total. The van der Waals surface area contributed by atoms with E-state index in [1.165, 1.54) is 0 Å². The molecule has 1 atom stereocenters. The number of halogens is 2. The number of hydrogen-bond acceptors (Lipinski definition) is 4. The first-order valence-electron chi connectivity index (χ1n) is 12.7. The van der Waals surface area contributed by atoms with E-state index in [1.807, 2.05) is 35.2 Å². The van der Waals surface area contributed by atoms with E-state index >= 15 is 0 Å². The van der Waals surface area contributed by atoms with Gasteiger partial charge in [0.05, 0.1) is 30.3 Å². The summed E-state index contributed by atoms with van der Waals surface area (Å²) in [5.41, 5.74) is 2.87. The third-order valence-corrected chi connectivity index (χ3v) is 7.45. The highest BCUT2D eigenvalue weighted by atomic mass is 35.5. The zero-order valence-electron chi connectivity index (χ0n) is 20.8. The first kappa shape index (κ1) is 26.2. The molecular weight excluding hydrogens is 523 g/mol. The fourth-order valence-electron chi connectivity index (χ4n) is 5.03. The van der Waals surface area contributed by atoms with Gasteiger partial charge in [-0.2, -0.15) is 0 Å². The van der Waals surface area contributed by atoms with Gasteiger partial charge in [-0.1, -0.05) is 59.6 Å². The van der Waals surface area contributed by atoms with E-state index in [0.717, 1.165) is 25.1 Å². The second kappa shape index (κ2) is 11.6. The lowest BCUT2D eigenvalue weighted by Crippen LogP contribution is -2.36. The van der Waals surface area contributed by atoms with Gasteiger partial charge in [-0.3, -0.25) is 14.4 Å². The molecule has 1 unspecified atom stereocenters. The van der Waals surface area contributed by atoms with Gasteiger partial charge in [0, 0.05) is 35.2 Å². The lowest BCUT2D eigenvalue weighted by molar-refractivity contribution is -0.119. The Hall–Kier alpha value is -3.39. The van der Waals surface area contributed by atoms with E-state index in [0.29, 0.717) is 45.6 Å². The Kier molecular flexibility index (Phi) is 7.98. The SMILES string of the molecule is O=C1CC(c2ccc(Cl)cc2Cl)N(C(=O)Cc2ccccc2)c2ccc(C(=O)N3CCCNCC3)cc2N1. The zero-order valence-corrected chi connectivity index (χ0v) is 22.3. The highest BCUT2D eigenvalue weighted by Gasteiger charge is 2.35. The Morgan fingerprint density at radius 3 is 2.55 bits per heavy atom. The van der Waals surface area contributed by atoms with Crippen molar-refractivity contribution in [1.82, 2.24) is 10.2 Å². The molecule has 0 saturated carbocycles. The number of amides is 3. The van der Waals surface area contributed by atoms with Crippen molar-refractivity contribution in [3.8, 4) is 0 Å². The van der Waals surface area contributed by atoms with E-state index in [-0.39, 0.29) is 30.6 Å². The molecule has 7 nitrogen and oxygen atoms in total. The quantitative estimate of drug-likeness (QED) is 0.474. The van der Waals surface area contributed by atoms with Gasteiger partial charge in [0.25, 0.3) is 5.91 Å². The van der Waals surface area contributed by atoms with Crippen LogP contribution in [0.5, 0.6) is 0 Å². The molecule has 1 fully saturated rings. The topological polar surface area (TPSA) is 81.8 Å². The summed E-state index contributed by atoms with van der Waals surface area (Å²) in [5.74, 6) is -0.571. The minimum atomic E-state index is -0.657. The van der Waals surface area contributed by atoms with Crippen molar-refractivity contribution < 1.29 is 14.4 Å². The number of nitrogens with one attached hydrogen (secondary N) is 2. The van der Waals surface area contributed by atoms with Crippen LogP contribution in [-0.4, -0.2) is 48.8 Å². The largest absolute Gasteiger partial charge is 0.337 e. The molecule has 3 aromatic rings. The standard InChI is InChI=1S/C29H28Cl2N4O3/c30-21-8-9-22(23(31)17-21)26-18-27(36)33-24-16-20(29(38)34-13-4-11-32-12-14-34)7-10-25(24)35(26)28(37)15-19-5-2-1-3-6-19/h1-3,5-10,16-17,26,32H,4,11-15,18H2,(H,33,36). The summed E-state index contributed by atoms with van der Waals surface area (Å²) in [5, 5.41) is 7.06. The molecular formula is C29H28Cl2N4O3. The third kappa shape index (κ3) is 5.70. The van der Waals surface area contributed by atoms with E-state index < -0.39 is 6.04 Å². The van der Waals surface area contributed by atoms with Crippen LogP contribution in [0.15, 0.2) is 66.7 Å². The number of benzene rings is 3. The van der Waals surface area contributed by atoms with Gasteiger partial charge in [0.15, 0.2) is 0 Å². The van der Waals surface area contributed by atoms with Crippen molar-refractivity contribution in [1.29, 1.82) is 0 Å². The predicted molar refractivity (Wildman–Crippen MR) is 150 cm³/mol. The van der Waals surface area contributed by atoms with Crippen molar-refractivity contribution in [2.75, 3.05) is 36.4 Å². The van der Waals surface area contributed by atoms with Crippen LogP contribution in [0.25, 0.3) is 0 Å². The van der Waals surface area contributed by atoms with Crippen molar-refractivity contribution in [2.45, 2.75) is 25.3 Å². The fraction of sp³-hybridized carbons (Fsp3) is 0.276. The summed E-state index contributed by atoms with van der Waals surface area (Å²) in [6.45, 7) is 2.88. The first-order chi connectivity index (χ1) is 18.4. The first-order valence-corrected chi connectivity index (χ1v) is 13.4. The number of hydrogen-bond donors (Lipinski definition) is 2. The van der Waals surface area contributed by atoms with Crippen LogP contribution in [0.2, 0.25) is 10.0 Å². The summed E-state index contributed by atoms with van der Waals surface area (Å²) < 4.78 is 0. The van der Waals surface area contributed by atoms with Gasteiger partial charge < -0.3 is 20.4 Å². The molecule has 5 rings (SSSR count). The van der Waals surface area contributed by atoms with Crippen molar-refractivity contribution >= 4 is 52.3 Å². The summed E-state index contributed by atoms with van der Waals surface area (Å²) in [6, 6.07) is 19.0. The average molecular weight is 551 g/mol. The molecule has 196 valence electrons. The Morgan fingerprint density at radius 1 is 0.947 bits per heavy atom. The molecule has 0 aliphatic carbocycles. The van der Waals surface area contributed by atoms with Crippen molar-refractivity contribution in [3.05, 3.63) is 93.5 Å². The Morgan fingerprint density at radius 2 is 1.76 bits per heavy atom. The molecule has 0 aromatic heterocycles. The van der Waals surface area contributed by atoms with Crippen LogP contribution in [0.1, 0.15) is 40.4 Å². The zero-order chi connectivity index (χ0) is 26.6. The van der Waals surface area contributed by atoms with Gasteiger partial charge >= 0.3 is 0 Å². The maximum atomic E-state index is 13.9. The number of anilines is 2. The van der Waals surface area contributed by atoms with Crippen molar-refractivity contribution in [3.63, 3.8) is 0 Å². The Bertz CT molecular complexity index is 1360. The summed E-state index contributed by atoms with van der Waals surface area (Å²) >= 11 is 12.7. The van der Waals surface area contributed by atoms with Crippen LogP contribution in [0, 0.1) is 0 Å². The van der Waals surface area contributed by atoms with Crippen LogP contribution in [0.3, 0.4) is 0 Å². The van der Waals surface area contributed by atoms with Crippen LogP contribution >= 0.6 is 23.2 Å². The third-order valence-electron chi connectivity index (χ3n) is 6.88. The van der Waals surface area contributed by atoms with Crippen molar-refractivity contribution in [2.24, 2.45) is 0 Å². The number of rotatable bonds is 4. The molecule has 2 aliphatic heterocycles. The minimum absolute atomic E-state index is 0.00234. The Labute approximate surface area is 231 Å². The van der Waals surface area contributed by atoms with Crippen LogP contribution < -0.4 is 15.5 Å². The average Bonchev–Trinajstić information content (AvgIpc) is 3.26. The Balaban J connectivity index is 1.56. The van der Waals surface area contributed by atoms with E-state index in [4.69, 9.17) is 23.2 Å². The fourth-order valence-corrected chi connectivity index (χ4v) is 5.57. The van der Waals surface area contributed by atoms with Gasteiger partial charge in [0.1, 0.15) is 0 Å². The van der Waals surface area contributed by atoms with Gasteiger partial charge in [-0.25, -0.2) is 0 Å². The molecule has 3 amide bonds. The van der Waals surface area contributed by atoms with E-state index in [1.54, 1.807) is 41.3 Å². The molecule has 9 heteroatoms. The van der Waals surface area contributed by atoms with Gasteiger partial charge in [-0.15, -0.1) is 0 Å². The smallest absolute Gasteiger partial charge is 0.253 e. The van der Waals surface area contributed by atoms with E-state index in [9.17, 15) is 14.4 Å². The van der Waals surface area contributed by atoms with Gasteiger partial charge in [-0.05, 0) is 54.4 Å². The molecule has 2 heterocycles. The molecule has 1 saturated heterocycles. The molecule has 0 bridgehead atoms.